The number of aromatic nitrogens is 2. The van der Waals surface area contributed by atoms with E-state index in [-0.39, 0.29) is 11.8 Å². The monoisotopic (exact) mass is 543 g/mol. The second-order valence-corrected chi connectivity index (χ2v) is 10.2. The van der Waals surface area contributed by atoms with Crippen LogP contribution >= 0.6 is 0 Å². The van der Waals surface area contributed by atoms with Gasteiger partial charge < -0.3 is 30.7 Å². The predicted octanol–water partition coefficient (Wildman–Crippen LogP) is 5.77. The summed E-state index contributed by atoms with van der Waals surface area (Å²) >= 11 is 0. The molecule has 0 saturated heterocycles. The largest absolute Gasteiger partial charge is 0.426 e. The number of aromatic amines is 2. The average Bonchev–Trinajstić information content (AvgIpc) is 3.68. The highest BCUT2D eigenvalue weighted by molar-refractivity contribution is 6.12. The number of esters is 1. The maximum absolute atomic E-state index is 13.7. The molecule has 7 rings (SSSR count). The van der Waals surface area contributed by atoms with Gasteiger partial charge in [-0.1, -0.05) is 24.3 Å². The molecule has 0 spiro atoms. The molecular weight excluding hydrogens is 518 g/mol. The number of amides is 2. The Labute approximate surface area is 233 Å². The van der Waals surface area contributed by atoms with E-state index >= 15 is 0 Å². The average molecular weight is 544 g/mol. The summed E-state index contributed by atoms with van der Waals surface area (Å²) in [5.74, 6) is -0.455. The molecule has 0 radical (unpaired) electrons. The van der Waals surface area contributed by atoms with E-state index in [0.717, 1.165) is 43.8 Å². The maximum atomic E-state index is 13.7. The minimum atomic E-state index is -0.418. The molecular formula is C32H25N5O4. The Bertz CT molecular complexity index is 2050. The molecule has 1 aliphatic heterocycles. The molecule has 0 fully saturated rings. The van der Waals surface area contributed by atoms with Gasteiger partial charge in [0.05, 0.1) is 5.69 Å². The zero-order valence-corrected chi connectivity index (χ0v) is 22.1. The number of hydrogen-bond acceptors (Lipinski definition) is 5. The van der Waals surface area contributed by atoms with Gasteiger partial charge in [-0.25, -0.2) is 0 Å². The predicted molar refractivity (Wildman–Crippen MR) is 160 cm³/mol. The summed E-state index contributed by atoms with van der Waals surface area (Å²) in [4.78, 5) is 46.5. The number of nitrogens with one attached hydrogen (secondary N) is 3. The molecule has 9 nitrogen and oxygen atoms in total. The summed E-state index contributed by atoms with van der Waals surface area (Å²) in [6, 6.07) is 23.9. The zero-order valence-electron chi connectivity index (χ0n) is 22.1. The number of hydrogen-bond donors (Lipinski definition) is 4. The van der Waals surface area contributed by atoms with Crippen molar-refractivity contribution < 1.29 is 19.1 Å². The third-order valence-electron chi connectivity index (χ3n) is 7.47. The third-order valence-corrected chi connectivity index (χ3v) is 7.47. The standard InChI is InChI=1S/C32H25N5O4/c1-17(38)41-30-16-29-23(22-4-2-3-5-24(22)30)10-11-37(29)32(40)28-15-19-13-21(7-9-26(19)36-28)34-31(39)27-14-18-12-20(33)6-8-25(18)35-27/h2-9,12-16,35-36H,10-11,33H2,1H3,(H,34,39). The first-order chi connectivity index (χ1) is 19.8. The highest BCUT2D eigenvalue weighted by atomic mass is 16.5. The summed E-state index contributed by atoms with van der Waals surface area (Å²) in [7, 11) is 0. The van der Waals surface area contributed by atoms with E-state index in [1.165, 1.54) is 6.92 Å². The van der Waals surface area contributed by atoms with Crippen LogP contribution in [0, 0.1) is 0 Å². The SMILES string of the molecule is CC(=O)Oc1cc2c(c3ccccc13)CCN2C(=O)c1cc2cc(NC(=O)c3cc4cc(N)ccc4[nH]3)ccc2[nH]1. The fourth-order valence-electron chi connectivity index (χ4n) is 5.63. The Kier molecular flexibility index (Phi) is 5.53. The summed E-state index contributed by atoms with van der Waals surface area (Å²) in [6.45, 7) is 1.87. The van der Waals surface area contributed by atoms with Crippen molar-refractivity contribution in [1.29, 1.82) is 0 Å². The molecule has 0 bridgehead atoms. The minimum Gasteiger partial charge on any atom is -0.426 e. The van der Waals surface area contributed by atoms with Crippen LogP contribution in [0.15, 0.2) is 78.9 Å². The quantitative estimate of drug-likeness (QED) is 0.127. The highest BCUT2D eigenvalue weighted by Gasteiger charge is 2.29. The Morgan fingerprint density at radius 3 is 2.37 bits per heavy atom. The molecule has 2 aromatic heterocycles. The molecule has 0 saturated carbocycles. The smallest absolute Gasteiger partial charge is 0.308 e. The van der Waals surface area contributed by atoms with E-state index in [0.29, 0.717) is 41.5 Å². The van der Waals surface area contributed by atoms with Crippen molar-refractivity contribution in [2.45, 2.75) is 13.3 Å². The second kappa shape index (κ2) is 9.27. The number of nitrogens with two attached hydrogens (primary N) is 1. The highest BCUT2D eigenvalue weighted by Crippen LogP contribution is 2.40. The van der Waals surface area contributed by atoms with Gasteiger partial charge in [0.1, 0.15) is 17.1 Å². The van der Waals surface area contributed by atoms with Crippen molar-refractivity contribution in [2.24, 2.45) is 0 Å². The van der Waals surface area contributed by atoms with Crippen LogP contribution in [0.2, 0.25) is 0 Å². The maximum Gasteiger partial charge on any atom is 0.308 e. The number of nitrogen functional groups attached to an aromatic ring is 1. The molecule has 41 heavy (non-hydrogen) atoms. The Hall–Kier alpha value is -5.57. The van der Waals surface area contributed by atoms with Gasteiger partial charge in [-0.3, -0.25) is 14.4 Å². The molecule has 5 N–H and O–H groups in total. The molecule has 2 amide bonds. The van der Waals surface area contributed by atoms with Crippen molar-refractivity contribution >= 4 is 67.4 Å². The van der Waals surface area contributed by atoms with Crippen LogP contribution in [0.3, 0.4) is 0 Å². The minimum absolute atomic E-state index is 0.188. The van der Waals surface area contributed by atoms with Crippen LogP contribution in [0.5, 0.6) is 5.75 Å². The van der Waals surface area contributed by atoms with E-state index in [2.05, 4.69) is 15.3 Å². The van der Waals surface area contributed by atoms with Crippen LogP contribution in [-0.2, 0) is 11.2 Å². The normalized spacial score (nSPS) is 12.7. The molecule has 0 unspecified atom stereocenters. The van der Waals surface area contributed by atoms with Crippen molar-refractivity contribution in [3.05, 3.63) is 95.8 Å². The first-order valence-electron chi connectivity index (χ1n) is 13.2. The molecule has 1 aliphatic rings. The van der Waals surface area contributed by atoms with Gasteiger partial charge in [0, 0.05) is 58.1 Å². The molecule has 3 heterocycles. The first-order valence-corrected chi connectivity index (χ1v) is 13.2. The molecule has 6 aromatic rings. The van der Waals surface area contributed by atoms with Crippen molar-refractivity contribution in [2.75, 3.05) is 22.5 Å². The number of H-pyrrole nitrogens is 2. The Morgan fingerprint density at radius 1 is 0.854 bits per heavy atom. The van der Waals surface area contributed by atoms with Gasteiger partial charge in [-0.2, -0.15) is 0 Å². The number of benzene rings is 4. The summed E-state index contributed by atoms with van der Waals surface area (Å²) < 4.78 is 5.51. The second-order valence-electron chi connectivity index (χ2n) is 10.2. The number of fused-ring (bicyclic) bond motifs is 5. The van der Waals surface area contributed by atoms with Crippen molar-refractivity contribution in [3.63, 3.8) is 0 Å². The van der Waals surface area contributed by atoms with E-state index in [9.17, 15) is 14.4 Å². The van der Waals surface area contributed by atoms with Crippen LogP contribution in [0.1, 0.15) is 33.5 Å². The zero-order chi connectivity index (χ0) is 28.2. The van der Waals surface area contributed by atoms with Gasteiger partial charge in [-0.15, -0.1) is 0 Å². The Balaban J connectivity index is 1.17. The van der Waals surface area contributed by atoms with Gasteiger partial charge in [0.2, 0.25) is 0 Å². The topological polar surface area (TPSA) is 133 Å². The fraction of sp³-hybridized carbons (Fsp3) is 0.0938. The summed E-state index contributed by atoms with van der Waals surface area (Å²) in [5, 5.41) is 6.37. The van der Waals surface area contributed by atoms with Crippen LogP contribution in [0.25, 0.3) is 32.6 Å². The lowest BCUT2D eigenvalue weighted by Gasteiger charge is -2.18. The molecule has 202 valence electrons. The molecule has 0 aliphatic carbocycles. The summed E-state index contributed by atoms with van der Waals surface area (Å²) in [5.41, 5.74) is 11.3. The van der Waals surface area contributed by atoms with E-state index in [4.69, 9.17) is 10.5 Å². The van der Waals surface area contributed by atoms with Crippen molar-refractivity contribution in [3.8, 4) is 5.75 Å². The lowest BCUT2D eigenvalue weighted by molar-refractivity contribution is -0.131. The molecule has 9 heteroatoms. The van der Waals surface area contributed by atoms with Gasteiger partial charge >= 0.3 is 5.97 Å². The number of anilines is 3. The number of nitrogens with zero attached hydrogens (tertiary/aromatic N) is 1. The van der Waals surface area contributed by atoms with Gasteiger partial charge in [0.15, 0.2) is 0 Å². The number of carbonyl (C=O) groups excluding carboxylic acids is 3. The van der Waals surface area contributed by atoms with Gasteiger partial charge in [-0.05, 0) is 65.9 Å². The van der Waals surface area contributed by atoms with E-state index in [1.807, 2.05) is 48.5 Å². The molecule has 4 aromatic carbocycles. The lowest BCUT2D eigenvalue weighted by Crippen LogP contribution is -2.29. The fourth-order valence-corrected chi connectivity index (χ4v) is 5.63. The number of rotatable bonds is 4. The van der Waals surface area contributed by atoms with Crippen LogP contribution in [0.4, 0.5) is 17.1 Å². The summed E-state index contributed by atoms with van der Waals surface area (Å²) in [6.07, 6.45) is 0.693. The van der Waals surface area contributed by atoms with Crippen LogP contribution in [-0.4, -0.2) is 34.3 Å². The van der Waals surface area contributed by atoms with E-state index in [1.54, 1.807) is 35.2 Å². The number of carbonyl (C=O) groups is 3. The lowest BCUT2D eigenvalue weighted by atomic mass is 10.0. The van der Waals surface area contributed by atoms with Gasteiger partial charge in [0.25, 0.3) is 11.8 Å². The first kappa shape index (κ1) is 24.5. The van der Waals surface area contributed by atoms with E-state index < -0.39 is 5.97 Å². The van der Waals surface area contributed by atoms with Crippen molar-refractivity contribution in [1.82, 2.24) is 9.97 Å². The third kappa shape index (κ3) is 4.24. The molecule has 0 atom stereocenters. The van der Waals surface area contributed by atoms with Crippen LogP contribution < -0.4 is 20.7 Å². The Morgan fingerprint density at radius 2 is 1.56 bits per heavy atom. The number of ether oxygens (including phenoxy) is 1.